The Kier molecular flexibility index (Phi) is 10.5. The van der Waals surface area contributed by atoms with E-state index in [-0.39, 0.29) is 0 Å². The van der Waals surface area contributed by atoms with Crippen molar-refractivity contribution >= 4 is 51.5 Å². The molecule has 0 atom stereocenters. The van der Waals surface area contributed by atoms with Crippen LogP contribution in [0, 0.1) is 0 Å². The van der Waals surface area contributed by atoms with Gasteiger partial charge in [-0.2, -0.15) is 0 Å². The number of rotatable bonds is 9. The van der Waals surface area contributed by atoms with E-state index in [1.54, 1.807) is 0 Å². The van der Waals surface area contributed by atoms with Crippen molar-refractivity contribution in [1.82, 2.24) is 0 Å². The highest BCUT2D eigenvalue weighted by molar-refractivity contribution is 8.91. The molecule has 0 spiro atoms. The Morgan fingerprint density at radius 3 is 1.73 bits per heavy atom. The Morgan fingerprint density at radius 2 is 1.47 bits per heavy atom. The standard InChI is InChI=1S/C9H19Cl2OPS2/c1-3-5-7-14-13(12,9(10)11)15-8-6-4-2/h9H,3-8H2,1-2H3. The Balaban J connectivity index is 4.02. The quantitative estimate of drug-likeness (QED) is 0.295. The third kappa shape index (κ3) is 7.44. The van der Waals surface area contributed by atoms with Gasteiger partial charge in [-0.05, 0) is 12.8 Å². The average Bonchev–Trinajstić information content (AvgIpc) is 2.18. The molecule has 0 aromatic rings. The maximum absolute atomic E-state index is 12.3. The van der Waals surface area contributed by atoms with Crippen molar-refractivity contribution < 1.29 is 4.57 Å². The van der Waals surface area contributed by atoms with Crippen LogP contribution in [0.4, 0.5) is 0 Å². The van der Waals surface area contributed by atoms with Crippen LogP contribution in [-0.4, -0.2) is 16.1 Å². The minimum absolute atomic E-state index is 0.735. The van der Waals surface area contributed by atoms with Crippen LogP contribution in [-0.2, 0) is 4.57 Å². The van der Waals surface area contributed by atoms with Gasteiger partial charge in [0.2, 0.25) is 5.55 Å². The number of hydrogen-bond donors (Lipinski definition) is 0. The van der Waals surface area contributed by atoms with Gasteiger partial charge < -0.3 is 0 Å². The maximum Gasteiger partial charge on any atom is 0.222 e. The fourth-order valence-electron chi connectivity index (χ4n) is 0.822. The van der Waals surface area contributed by atoms with Crippen LogP contribution in [0.15, 0.2) is 0 Å². The molecule has 0 saturated carbocycles. The fourth-order valence-corrected chi connectivity index (χ4v) is 9.71. The summed E-state index contributed by atoms with van der Waals surface area (Å²) in [7, 11) is 0. The van der Waals surface area contributed by atoms with Gasteiger partial charge >= 0.3 is 0 Å². The first-order valence-electron chi connectivity index (χ1n) is 5.23. The predicted octanol–water partition coefficient (Wildman–Crippen LogP) is 6.01. The molecule has 0 aliphatic rings. The second-order valence-corrected chi connectivity index (χ2v) is 13.3. The highest BCUT2D eigenvalue weighted by Crippen LogP contribution is 2.74. The fraction of sp³-hybridized carbons (Fsp3) is 1.00. The van der Waals surface area contributed by atoms with Crippen LogP contribution in [0.25, 0.3) is 0 Å². The van der Waals surface area contributed by atoms with Crippen LogP contribution in [0.2, 0.25) is 0 Å². The van der Waals surface area contributed by atoms with E-state index >= 15 is 0 Å². The monoisotopic (exact) mass is 308 g/mol. The topological polar surface area (TPSA) is 17.1 Å². The van der Waals surface area contributed by atoms with Gasteiger partial charge in [0.1, 0.15) is 0 Å². The number of alkyl halides is 2. The molecule has 0 heterocycles. The SMILES string of the molecule is CCCCSP(=O)(SCCCC)C(Cl)Cl. The highest BCUT2D eigenvalue weighted by Gasteiger charge is 2.30. The zero-order valence-corrected chi connectivity index (χ0v) is 13.3. The van der Waals surface area contributed by atoms with Gasteiger partial charge in [0, 0.05) is 11.5 Å². The molecule has 0 fully saturated rings. The van der Waals surface area contributed by atoms with E-state index in [9.17, 15) is 4.57 Å². The molecule has 0 saturated heterocycles. The molecule has 0 bridgehead atoms. The lowest BCUT2D eigenvalue weighted by molar-refractivity contribution is 0.595. The summed E-state index contributed by atoms with van der Waals surface area (Å²) < 4.78 is 11.6. The van der Waals surface area contributed by atoms with Gasteiger partial charge in [-0.3, -0.25) is 4.57 Å². The minimum atomic E-state index is -2.49. The zero-order chi connectivity index (χ0) is 11.7. The van der Waals surface area contributed by atoms with E-state index < -0.39 is 10.1 Å². The molecule has 1 nitrogen and oxygen atoms in total. The lowest BCUT2D eigenvalue weighted by Gasteiger charge is -2.17. The molecule has 0 aromatic heterocycles. The van der Waals surface area contributed by atoms with Gasteiger partial charge in [0.15, 0.2) is 4.58 Å². The third-order valence-electron chi connectivity index (χ3n) is 1.78. The van der Waals surface area contributed by atoms with Gasteiger partial charge in [0.25, 0.3) is 0 Å². The first-order valence-corrected chi connectivity index (χ1v) is 11.1. The summed E-state index contributed by atoms with van der Waals surface area (Å²) in [6.07, 6.45) is 4.37. The van der Waals surface area contributed by atoms with Crippen LogP contribution in [0.1, 0.15) is 39.5 Å². The molecule has 6 heteroatoms. The van der Waals surface area contributed by atoms with E-state index in [1.165, 1.54) is 22.8 Å². The van der Waals surface area contributed by atoms with Crippen LogP contribution >= 0.6 is 51.5 Å². The van der Waals surface area contributed by atoms with Crippen LogP contribution in [0.3, 0.4) is 0 Å². The van der Waals surface area contributed by atoms with Crippen molar-refractivity contribution in [2.75, 3.05) is 11.5 Å². The molecule has 0 unspecified atom stereocenters. The van der Waals surface area contributed by atoms with Crippen LogP contribution < -0.4 is 0 Å². The number of hydrogen-bond acceptors (Lipinski definition) is 3. The Bertz CT molecular complexity index is 189. The molecule has 0 rings (SSSR count). The Labute approximate surface area is 111 Å². The van der Waals surface area contributed by atoms with Crippen molar-refractivity contribution in [2.24, 2.45) is 0 Å². The lowest BCUT2D eigenvalue weighted by atomic mass is 10.4. The van der Waals surface area contributed by atoms with Crippen molar-refractivity contribution in [3.63, 3.8) is 0 Å². The third-order valence-corrected chi connectivity index (χ3v) is 13.4. The number of halogens is 2. The summed E-state index contributed by atoms with van der Waals surface area (Å²) in [5.41, 5.74) is -2.49. The predicted molar refractivity (Wildman–Crippen MR) is 77.8 cm³/mol. The first-order chi connectivity index (χ1) is 7.06. The van der Waals surface area contributed by atoms with Gasteiger partial charge in [-0.1, -0.05) is 72.7 Å². The summed E-state index contributed by atoms with van der Waals surface area (Å²) in [6.45, 7) is 4.24. The molecule has 0 radical (unpaired) electrons. The number of unbranched alkanes of at least 4 members (excludes halogenated alkanes) is 2. The van der Waals surface area contributed by atoms with E-state index in [2.05, 4.69) is 13.8 Å². The second-order valence-electron chi connectivity index (χ2n) is 3.19. The van der Waals surface area contributed by atoms with E-state index in [4.69, 9.17) is 23.2 Å². The zero-order valence-electron chi connectivity index (χ0n) is 9.25. The Hall–Kier alpha value is 1.51. The normalized spacial score (nSPS) is 12.3. The lowest BCUT2D eigenvalue weighted by Crippen LogP contribution is -1.88. The maximum atomic E-state index is 12.3. The van der Waals surface area contributed by atoms with Crippen molar-refractivity contribution in [1.29, 1.82) is 0 Å². The van der Waals surface area contributed by atoms with E-state index in [0.29, 0.717) is 0 Å². The second kappa shape index (κ2) is 9.53. The molecule has 0 aromatic carbocycles. The molecular weight excluding hydrogens is 290 g/mol. The van der Waals surface area contributed by atoms with Crippen molar-refractivity contribution in [2.45, 2.75) is 44.1 Å². The van der Waals surface area contributed by atoms with Crippen molar-refractivity contribution in [3.05, 3.63) is 0 Å². The van der Waals surface area contributed by atoms with Crippen molar-refractivity contribution in [3.8, 4) is 0 Å². The Morgan fingerprint density at radius 1 is 1.07 bits per heavy atom. The summed E-state index contributed by atoms with van der Waals surface area (Å²) in [6, 6.07) is 0. The smallest absolute Gasteiger partial charge is 0.222 e. The van der Waals surface area contributed by atoms with Crippen LogP contribution in [0.5, 0.6) is 0 Å². The molecule has 15 heavy (non-hydrogen) atoms. The molecule has 0 amide bonds. The summed E-state index contributed by atoms with van der Waals surface area (Å²) in [4.78, 5) is 0. The largest absolute Gasteiger partial charge is 0.298 e. The highest BCUT2D eigenvalue weighted by atomic mass is 35.5. The summed E-state index contributed by atoms with van der Waals surface area (Å²) in [5, 5.41) is 0. The molecule has 0 N–H and O–H groups in total. The molecule has 0 aliphatic carbocycles. The molecular formula is C9H19Cl2OPS2. The average molecular weight is 309 g/mol. The van der Waals surface area contributed by atoms with E-state index in [1.807, 2.05) is 0 Å². The molecule has 92 valence electrons. The first kappa shape index (κ1) is 16.5. The summed E-state index contributed by atoms with van der Waals surface area (Å²) in [5.74, 6) is 1.78. The summed E-state index contributed by atoms with van der Waals surface area (Å²) >= 11 is 14.5. The minimum Gasteiger partial charge on any atom is -0.298 e. The van der Waals surface area contributed by atoms with Gasteiger partial charge in [0.05, 0.1) is 0 Å². The van der Waals surface area contributed by atoms with E-state index in [0.717, 1.165) is 37.2 Å². The van der Waals surface area contributed by atoms with Gasteiger partial charge in [-0.25, -0.2) is 0 Å². The van der Waals surface area contributed by atoms with Gasteiger partial charge in [-0.15, -0.1) is 0 Å². The molecule has 0 aliphatic heterocycles.